The molecular formula is C19H19N5S. The van der Waals surface area contributed by atoms with Crippen molar-refractivity contribution in [1.29, 1.82) is 15.8 Å². The normalized spacial score (nSPS) is 25.3. The SMILES string of the molecule is CCCN1CC=C2C(C#N)=C(N)C(C#N)(C#N)[C@H](c3ccsc3)[C@H]2C1. The van der Waals surface area contributed by atoms with Crippen molar-refractivity contribution in [3.63, 3.8) is 0 Å². The Hall–Kier alpha value is -2.59. The van der Waals surface area contributed by atoms with E-state index in [1.807, 2.05) is 22.9 Å². The number of fused-ring (bicyclic) bond motifs is 1. The molecule has 5 nitrogen and oxygen atoms in total. The molecule has 0 radical (unpaired) electrons. The summed E-state index contributed by atoms with van der Waals surface area (Å²) in [6.07, 6.45) is 3.08. The van der Waals surface area contributed by atoms with E-state index < -0.39 is 5.41 Å². The largest absolute Gasteiger partial charge is 0.399 e. The van der Waals surface area contributed by atoms with E-state index in [0.717, 1.165) is 37.2 Å². The molecule has 2 heterocycles. The van der Waals surface area contributed by atoms with Gasteiger partial charge >= 0.3 is 0 Å². The lowest BCUT2D eigenvalue weighted by Gasteiger charge is -2.45. The number of hydrogen-bond donors (Lipinski definition) is 1. The molecule has 0 fully saturated rings. The second-order valence-electron chi connectivity index (χ2n) is 6.49. The maximum absolute atomic E-state index is 9.93. The van der Waals surface area contributed by atoms with E-state index >= 15 is 0 Å². The lowest BCUT2D eigenvalue weighted by molar-refractivity contribution is 0.207. The van der Waals surface area contributed by atoms with Gasteiger partial charge in [-0.3, -0.25) is 4.90 Å². The minimum Gasteiger partial charge on any atom is -0.399 e. The first-order valence-electron chi connectivity index (χ1n) is 8.30. The van der Waals surface area contributed by atoms with Crippen LogP contribution >= 0.6 is 11.3 Å². The fraction of sp³-hybridized carbons (Fsp3) is 0.421. The van der Waals surface area contributed by atoms with Gasteiger partial charge in [0.2, 0.25) is 0 Å². The highest BCUT2D eigenvalue weighted by atomic mass is 32.1. The Balaban J connectivity index is 2.24. The summed E-state index contributed by atoms with van der Waals surface area (Å²) in [6.45, 7) is 4.57. The van der Waals surface area contributed by atoms with E-state index in [1.165, 1.54) is 11.3 Å². The number of allylic oxidation sites excluding steroid dienone is 2. The predicted octanol–water partition coefficient (Wildman–Crippen LogP) is 2.88. The Labute approximate surface area is 151 Å². The van der Waals surface area contributed by atoms with Gasteiger partial charge in [-0.1, -0.05) is 13.0 Å². The Bertz CT molecular complexity index is 830. The van der Waals surface area contributed by atoms with Crippen molar-refractivity contribution in [2.75, 3.05) is 19.6 Å². The summed E-state index contributed by atoms with van der Waals surface area (Å²) in [5.74, 6) is -0.451. The summed E-state index contributed by atoms with van der Waals surface area (Å²) >= 11 is 1.54. The molecule has 1 aliphatic carbocycles. The topological polar surface area (TPSA) is 101 Å². The van der Waals surface area contributed by atoms with Crippen LogP contribution in [0.15, 0.2) is 39.7 Å². The van der Waals surface area contributed by atoms with Crippen LogP contribution in [0.1, 0.15) is 24.8 Å². The molecule has 0 bridgehead atoms. The summed E-state index contributed by atoms with van der Waals surface area (Å²) in [7, 11) is 0. The van der Waals surface area contributed by atoms with Gasteiger partial charge in [-0.25, -0.2) is 0 Å². The second kappa shape index (κ2) is 6.73. The Kier molecular flexibility index (Phi) is 4.64. The third kappa shape index (κ3) is 2.53. The third-order valence-corrected chi connectivity index (χ3v) is 5.88. The molecule has 2 N–H and O–H groups in total. The highest BCUT2D eigenvalue weighted by Gasteiger charge is 2.54. The summed E-state index contributed by atoms with van der Waals surface area (Å²) in [6, 6.07) is 8.44. The predicted molar refractivity (Wildman–Crippen MR) is 95.8 cm³/mol. The molecule has 1 aromatic heterocycles. The molecule has 0 saturated heterocycles. The van der Waals surface area contributed by atoms with Crippen LogP contribution in [0.5, 0.6) is 0 Å². The Morgan fingerprint density at radius 1 is 1.36 bits per heavy atom. The quantitative estimate of drug-likeness (QED) is 0.904. The van der Waals surface area contributed by atoms with E-state index in [-0.39, 0.29) is 17.5 Å². The van der Waals surface area contributed by atoms with Crippen molar-refractivity contribution in [3.05, 3.63) is 45.3 Å². The van der Waals surface area contributed by atoms with Gasteiger partial charge in [0.1, 0.15) is 6.07 Å². The van der Waals surface area contributed by atoms with Gasteiger partial charge in [0, 0.05) is 24.9 Å². The van der Waals surface area contributed by atoms with Gasteiger partial charge in [-0.15, -0.1) is 0 Å². The van der Waals surface area contributed by atoms with Gasteiger partial charge < -0.3 is 5.73 Å². The van der Waals surface area contributed by atoms with Crippen LogP contribution in [-0.4, -0.2) is 24.5 Å². The first-order valence-corrected chi connectivity index (χ1v) is 9.24. The zero-order valence-electron chi connectivity index (χ0n) is 14.1. The lowest BCUT2D eigenvalue weighted by Crippen LogP contribution is -2.48. The van der Waals surface area contributed by atoms with Crippen LogP contribution in [0.3, 0.4) is 0 Å². The van der Waals surface area contributed by atoms with E-state index in [2.05, 4.69) is 30.0 Å². The molecule has 0 amide bonds. The van der Waals surface area contributed by atoms with Gasteiger partial charge in [0.15, 0.2) is 5.41 Å². The van der Waals surface area contributed by atoms with Crippen LogP contribution in [-0.2, 0) is 0 Å². The summed E-state index contributed by atoms with van der Waals surface area (Å²) in [4.78, 5) is 2.31. The number of nitrogens with zero attached hydrogens (tertiary/aromatic N) is 4. The Morgan fingerprint density at radius 2 is 2.12 bits per heavy atom. The molecule has 25 heavy (non-hydrogen) atoms. The number of nitriles is 3. The van der Waals surface area contributed by atoms with Crippen molar-refractivity contribution in [3.8, 4) is 18.2 Å². The standard InChI is InChI=1S/C19H19N5S/c1-2-5-24-6-3-14-15(8-20)18(23)19(11-21,12-22)17(16(14)9-24)13-4-7-25-10-13/h3-4,7,10,16-17H,2,5-6,9,23H2,1H3/t16-,17+/m0/s1. The average Bonchev–Trinajstić information content (AvgIpc) is 3.15. The molecule has 3 rings (SSSR count). The van der Waals surface area contributed by atoms with Crippen LogP contribution in [0.2, 0.25) is 0 Å². The smallest absolute Gasteiger partial charge is 0.191 e. The summed E-state index contributed by atoms with van der Waals surface area (Å²) < 4.78 is 0. The first-order chi connectivity index (χ1) is 12.1. The van der Waals surface area contributed by atoms with Crippen molar-refractivity contribution in [1.82, 2.24) is 4.90 Å². The molecule has 1 aliphatic heterocycles. The number of nitrogens with two attached hydrogens (primary N) is 1. The molecule has 0 aromatic carbocycles. The maximum Gasteiger partial charge on any atom is 0.191 e. The molecule has 2 atom stereocenters. The number of rotatable bonds is 3. The van der Waals surface area contributed by atoms with Gasteiger partial charge in [0.25, 0.3) is 0 Å². The molecule has 6 heteroatoms. The first kappa shape index (κ1) is 17.2. The van der Waals surface area contributed by atoms with Crippen molar-refractivity contribution < 1.29 is 0 Å². The van der Waals surface area contributed by atoms with Gasteiger partial charge in [0.05, 0.1) is 23.4 Å². The molecule has 0 unspecified atom stereocenters. The molecule has 1 aromatic rings. The van der Waals surface area contributed by atoms with Crippen LogP contribution in [0, 0.1) is 45.3 Å². The van der Waals surface area contributed by atoms with Gasteiger partial charge in [-0.05, 0) is 40.9 Å². The summed E-state index contributed by atoms with van der Waals surface area (Å²) in [5, 5.41) is 33.4. The molecule has 0 spiro atoms. The highest BCUT2D eigenvalue weighted by molar-refractivity contribution is 7.08. The molecule has 126 valence electrons. The molecular weight excluding hydrogens is 330 g/mol. The fourth-order valence-corrected chi connectivity index (χ4v) is 4.76. The van der Waals surface area contributed by atoms with Gasteiger partial charge in [-0.2, -0.15) is 27.1 Å². The Morgan fingerprint density at radius 3 is 2.68 bits per heavy atom. The van der Waals surface area contributed by atoms with Crippen LogP contribution in [0.25, 0.3) is 0 Å². The monoisotopic (exact) mass is 349 g/mol. The van der Waals surface area contributed by atoms with Crippen LogP contribution < -0.4 is 5.73 Å². The van der Waals surface area contributed by atoms with Crippen molar-refractivity contribution >= 4 is 11.3 Å². The summed E-state index contributed by atoms with van der Waals surface area (Å²) in [5.41, 5.74) is 6.99. The second-order valence-corrected chi connectivity index (χ2v) is 7.27. The van der Waals surface area contributed by atoms with E-state index in [0.29, 0.717) is 5.57 Å². The number of hydrogen-bond acceptors (Lipinski definition) is 6. The minimum atomic E-state index is -1.51. The molecule has 0 saturated carbocycles. The highest BCUT2D eigenvalue weighted by Crippen LogP contribution is 2.54. The van der Waals surface area contributed by atoms with Crippen molar-refractivity contribution in [2.24, 2.45) is 17.1 Å². The van der Waals surface area contributed by atoms with Crippen LogP contribution in [0.4, 0.5) is 0 Å². The van der Waals surface area contributed by atoms with E-state index in [9.17, 15) is 15.8 Å². The minimum absolute atomic E-state index is 0.0869. The fourth-order valence-electron chi connectivity index (χ4n) is 4.07. The lowest BCUT2D eigenvalue weighted by atomic mass is 9.58. The van der Waals surface area contributed by atoms with E-state index in [4.69, 9.17) is 5.73 Å². The number of thiophene rings is 1. The zero-order valence-corrected chi connectivity index (χ0v) is 14.9. The third-order valence-electron chi connectivity index (χ3n) is 5.18. The maximum atomic E-state index is 9.93. The van der Waals surface area contributed by atoms with Crippen molar-refractivity contribution in [2.45, 2.75) is 19.3 Å². The molecule has 2 aliphatic rings. The average molecular weight is 349 g/mol. The zero-order chi connectivity index (χ0) is 18.0. The van der Waals surface area contributed by atoms with E-state index in [1.54, 1.807) is 0 Å².